The van der Waals surface area contributed by atoms with Crippen molar-refractivity contribution in [2.75, 3.05) is 13.1 Å². The Morgan fingerprint density at radius 1 is 1.18 bits per heavy atom. The van der Waals surface area contributed by atoms with E-state index >= 15 is 0 Å². The van der Waals surface area contributed by atoms with Gasteiger partial charge in [-0.2, -0.15) is 0 Å². The first-order valence-electron chi connectivity index (χ1n) is 9.04. The Morgan fingerprint density at radius 3 is 2.43 bits per heavy atom. The Labute approximate surface area is 180 Å². The third-order valence-electron chi connectivity index (χ3n) is 4.80. The monoisotopic (exact) mass is 498 g/mol. The molecule has 3 rings (SSSR count). The van der Waals surface area contributed by atoms with Crippen LogP contribution in [0, 0.1) is 15.9 Å². The molecule has 28 heavy (non-hydrogen) atoms. The molecule has 0 atom stereocenters. The summed E-state index contributed by atoms with van der Waals surface area (Å²) in [6.07, 6.45) is 1.89. The normalized spacial score (nSPS) is 14.7. The summed E-state index contributed by atoms with van der Waals surface area (Å²) in [7, 11) is 0. The maximum absolute atomic E-state index is 14.1. The third kappa shape index (κ3) is 5.40. The Morgan fingerprint density at radius 2 is 1.86 bits per heavy atom. The highest BCUT2D eigenvalue weighted by Gasteiger charge is 2.45. The van der Waals surface area contributed by atoms with Gasteiger partial charge in [-0.1, -0.05) is 30.3 Å². The summed E-state index contributed by atoms with van der Waals surface area (Å²) < 4.78 is 14.1. The van der Waals surface area contributed by atoms with Crippen LogP contribution in [0.1, 0.15) is 30.9 Å². The van der Waals surface area contributed by atoms with Crippen molar-refractivity contribution < 1.29 is 9.31 Å². The second-order valence-corrected chi connectivity index (χ2v) is 6.73. The molecule has 150 valence electrons. The largest absolute Gasteiger partial charge is 0.357 e. The number of nitro groups is 1. The summed E-state index contributed by atoms with van der Waals surface area (Å²) in [5.74, 6) is 0.489. The fourth-order valence-electron chi connectivity index (χ4n) is 3.07. The van der Waals surface area contributed by atoms with Crippen LogP contribution in [-0.4, -0.2) is 24.0 Å². The maximum atomic E-state index is 14.1. The molecule has 0 unspecified atom stereocenters. The summed E-state index contributed by atoms with van der Waals surface area (Å²) in [4.78, 5) is 14.8. The number of nitrogens with one attached hydrogen (secondary N) is 2. The molecule has 0 radical (unpaired) electrons. The second-order valence-electron chi connectivity index (χ2n) is 6.73. The molecule has 1 fully saturated rings. The number of benzene rings is 2. The van der Waals surface area contributed by atoms with Gasteiger partial charge in [0.1, 0.15) is 5.82 Å². The van der Waals surface area contributed by atoms with E-state index in [0.717, 1.165) is 24.0 Å². The Hall–Kier alpha value is -2.23. The number of halogens is 2. The summed E-state index contributed by atoms with van der Waals surface area (Å²) in [5, 5.41) is 17.2. The van der Waals surface area contributed by atoms with Gasteiger partial charge in [-0.3, -0.25) is 10.1 Å². The molecular weight excluding hydrogens is 474 g/mol. The first-order chi connectivity index (χ1) is 13.0. The van der Waals surface area contributed by atoms with Crippen LogP contribution in [-0.2, 0) is 12.0 Å². The molecule has 2 aromatic rings. The van der Waals surface area contributed by atoms with Crippen molar-refractivity contribution in [1.82, 2.24) is 10.6 Å². The van der Waals surface area contributed by atoms with Crippen molar-refractivity contribution >= 4 is 35.6 Å². The van der Waals surface area contributed by atoms with Gasteiger partial charge < -0.3 is 10.6 Å². The van der Waals surface area contributed by atoms with Gasteiger partial charge in [0.05, 0.1) is 11.5 Å². The van der Waals surface area contributed by atoms with Gasteiger partial charge in [0, 0.05) is 30.6 Å². The highest BCUT2D eigenvalue weighted by Crippen LogP contribution is 2.48. The number of guanidine groups is 1. The van der Waals surface area contributed by atoms with Gasteiger partial charge in [0.25, 0.3) is 5.69 Å². The minimum atomic E-state index is -0.420. The van der Waals surface area contributed by atoms with Crippen LogP contribution >= 0.6 is 24.0 Å². The molecule has 0 aromatic heterocycles. The van der Waals surface area contributed by atoms with E-state index < -0.39 is 4.92 Å². The van der Waals surface area contributed by atoms with Crippen LogP contribution in [0.25, 0.3) is 0 Å². The van der Waals surface area contributed by atoms with Gasteiger partial charge >= 0.3 is 0 Å². The fraction of sp³-hybridized carbons (Fsp3) is 0.350. The molecule has 0 saturated heterocycles. The number of nitro benzene ring substituents is 1. The van der Waals surface area contributed by atoms with Crippen molar-refractivity contribution in [3.8, 4) is 0 Å². The molecule has 1 saturated carbocycles. The lowest BCUT2D eigenvalue weighted by molar-refractivity contribution is -0.384. The van der Waals surface area contributed by atoms with Gasteiger partial charge in [0.15, 0.2) is 5.96 Å². The van der Waals surface area contributed by atoms with Crippen molar-refractivity contribution in [2.45, 2.75) is 31.7 Å². The molecule has 0 aliphatic heterocycles. The van der Waals surface area contributed by atoms with Gasteiger partial charge in [0.2, 0.25) is 0 Å². The van der Waals surface area contributed by atoms with Crippen molar-refractivity contribution in [3.05, 3.63) is 75.6 Å². The molecule has 1 aliphatic rings. The van der Waals surface area contributed by atoms with Gasteiger partial charge in [-0.05, 0) is 37.0 Å². The minimum absolute atomic E-state index is 0. The number of non-ortho nitro benzene ring substituents is 1. The third-order valence-corrected chi connectivity index (χ3v) is 4.80. The van der Waals surface area contributed by atoms with E-state index in [4.69, 9.17) is 0 Å². The molecule has 0 spiro atoms. The standard InChI is InChI=1S/C20H23FN4O2.HI/c1-2-22-19(23-13-15-7-9-16(10-8-15)25(26)27)24-14-20(11-12-20)17-5-3-4-6-18(17)21;/h3-10H,2,11-14H2,1H3,(H2,22,23,24);1H. The van der Waals surface area contributed by atoms with E-state index in [0.29, 0.717) is 25.6 Å². The molecule has 6 nitrogen and oxygen atoms in total. The average molecular weight is 498 g/mol. The van der Waals surface area contributed by atoms with Crippen LogP contribution in [0.4, 0.5) is 10.1 Å². The van der Waals surface area contributed by atoms with E-state index in [2.05, 4.69) is 15.6 Å². The molecular formula is C20H24FIN4O2. The first-order valence-corrected chi connectivity index (χ1v) is 9.04. The number of nitrogens with zero attached hydrogens (tertiary/aromatic N) is 2. The predicted octanol–water partition coefficient (Wildman–Crippen LogP) is 4.14. The number of aliphatic imine (C=N–C) groups is 1. The quantitative estimate of drug-likeness (QED) is 0.198. The van der Waals surface area contributed by atoms with Gasteiger partial charge in [-0.15, -0.1) is 24.0 Å². The maximum Gasteiger partial charge on any atom is 0.269 e. The van der Waals surface area contributed by atoms with Crippen LogP contribution in [0.3, 0.4) is 0 Å². The fourth-order valence-corrected chi connectivity index (χ4v) is 3.07. The molecule has 8 heteroatoms. The zero-order chi connectivity index (χ0) is 19.3. The molecule has 0 bridgehead atoms. The molecule has 0 heterocycles. The Bertz CT molecular complexity index is 838. The lowest BCUT2D eigenvalue weighted by atomic mass is 9.95. The zero-order valence-electron chi connectivity index (χ0n) is 15.7. The Balaban J connectivity index is 0.00000280. The van der Waals surface area contributed by atoms with E-state index in [1.807, 2.05) is 19.1 Å². The van der Waals surface area contributed by atoms with E-state index in [9.17, 15) is 14.5 Å². The summed E-state index contributed by atoms with van der Waals surface area (Å²) in [6, 6.07) is 13.3. The van der Waals surface area contributed by atoms with E-state index in [1.54, 1.807) is 18.2 Å². The van der Waals surface area contributed by atoms with E-state index in [-0.39, 0.29) is 40.9 Å². The molecule has 0 amide bonds. The summed E-state index contributed by atoms with van der Waals surface area (Å²) >= 11 is 0. The highest BCUT2D eigenvalue weighted by atomic mass is 127. The van der Waals surface area contributed by atoms with E-state index in [1.165, 1.54) is 18.2 Å². The summed E-state index contributed by atoms with van der Waals surface area (Å²) in [5.41, 5.74) is 1.53. The van der Waals surface area contributed by atoms with Crippen LogP contribution in [0.2, 0.25) is 0 Å². The van der Waals surface area contributed by atoms with Crippen molar-refractivity contribution in [2.24, 2.45) is 4.99 Å². The van der Waals surface area contributed by atoms with Crippen LogP contribution in [0.15, 0.2) is 53.5 Å². The molecule has 2 N–H and O–H groups in total. The first kappa shape index (κ1) is 22.1. The lowest BCUT2D eigenvalue weighted by Crippen LogP contribution is -2.41. The highest BCUT2D eigenvalue weighted by molar-refractivity contribution is 14.0. The van der Waals surface area contributed by atoms with Crippen molar-refractivity contribution in [1.29, 1.82) is 0 Å². The van der Waals surface area contributed by atoms with Crippen molar-refractivity contribution in [3.63, 3.8) is 0 Å². The number of hydrogen-bond acceptors (Lipinski definition) is 3. The number of rotatable bonds is 7. The lowest BCUT2D eigenvalue weighted by Gasteiger charge is -2.19. The van der Waals surface area contributed by atoms with Gasteiger partial charge in [-0.25, -0.2) is 9.38 Å². The summed E-state index contributed by atoms with van der Waals surface area (Å²) in [6.45, 7) is 3.70. The number of hydrogen-bond donors (Lipinski definition) is 2. The molecule has 2 aromatic carbocycles. The zero-order valence-corrected chi connectivity index (χ0v) is 18.0. The van der Waals surface area contributed by atoms with Crippen LogP contribution < -0.4 is 10.6 Å². The topological polar surface area (TPSA) is 79.6 Å². The minimum Gasteiger partial charge on any atom is -0.357 e. The Kier molecular flexibility index (Phi) is 7.73. The SMILES string of the molecule is CCNC(=NCc1ccc([N+](=O)[O-])cc1)NCC1(c2ccccc2F)CC1.I. The second kappa shape index (κ2) is 9.81. The smallest absolute Gasteiger partial charge is 0.269 e. The average Bonchev–Trinajstić information content (AvgIpc) is 3.45. The van der Waals surface area contributed by atoms with Crippen LogP contribution in [0.5, 0.6) is 0 Å². The predicted molar refractivity (Wildman–Crippen MR) is 119 cm³/mol. The molecule has 1 aliphatic carbocycles.